The quantitative estimate of drug-likeness (QED) is 0.164. The largest absolute Gasteiger partial charge is 0.507 e. The van der Waals surface area contributed by atoms with Crippen molar-refractivity contribution in [1.29, 1.82) is 0 Å². The molecule has 1 saturated heterocycles. The maximum atomic E-state index is 13.5. The molecule has 2 heterocycles. The van der Waals surface area contributed by atoms with Crippen molar-refractivity contribution in [3.8, 4) is 11.5 Å². The monoisotopic (exact) mass is 528 g/mol. The molecule has 0 saturated carbocycles. The van der Waals surface area contributed by atoms with E-state index in [0.29, 0.717) is 39.9 Å². The average Bonchev–Trinajstić information content (AvgIpc) is 3.49. The van der Waals surface area contributed by atoms with Crippen LogP contribution in [0.1, 0.15) is 43.0 Å². The highest BCUT2D eigenvalue weighted by Gasteiger charge is 2.48. The van der Waals surface area contributed by atoms with E-state index in [0.717, 1.165) is 23.1 Å². The van der Waals surface area contributed by atoms with Crippen molar-refractivity contribution in [2.45, 2.75) is 32.7 Å². The molecule has 0 aliphatic carbocycles. The standard InChI is InChI=1S/C30H28N2O5S/c1-4-15-37-22-8-6-7-20(16-22)27(33)25-26(19-11-9-18(5-2)10-12-19)32(29(35)28(25)34)30-31-23-14-13-21(36-3)17-24(23)38-30/h6-14,16-17,26,33H,4-5,15H2,1-3H3/b27-25+. The van der Waals surface area contributed by atoms with Gasteiger partial charge in [-0.05, 0) is 54.3 Å². The Bertz CT molecular complexity index is 1540. The molecule has 0 spiro atoms. The molecular weight excluding hydrogens is 500 g/mol. The molecule has 194 valence electrons. The summed E-state index contributed by atoms with van der Waals surface area (Å²) >= 11 is 1.29. The topological polar surface area (TPSA) is 89.0 Å². The van der Waals surface area contributed by atoms with E-state index in [1.807, 2.05) is 43.3 Å². The van der Waals surface area contributed by atoms with Gasteiger partial charge >= 0.3 is 5.91 Å². The second-order valence-electron chi connectivity index (χ2n) is 8.97. The summed E-state index contributed by atoms with van der Waals surface area (Å²) in [6, 6.07) is 19.3. The third kappa shape index (κ3) is 4.63. The van der Waals surface area contributed by atoms with Crippen LogP contribution in [0.2, 0.25) is 0 Å². The number of fused-ring (bicyclic) bond motifs is 1. The summed E-state index contributed by atoms with van der Waals surface area (Å²) in [5.41, 5.74) is 2.94. The number of ketones is 1. The molecule has 0 bridgehead atoms. The van der Waals surface area contributed by atoms with Crippen LogP contribution in [0.15, 0.2) is 72.3 Å². The van der Waals surface area contributed by atoms with Gasteiger partial charge in [-0.1, -0.05) is 61.6 Å². The normalized spacial score (nSPS) is 16.8. The van der Waals surface area contributed by atoms with Crippen LogP contribution in [0.3, 0.4) is 0 Å². The summed E-state index contributed by atoms with van der Waals surface area (Å²) in [5.74, 6) is -0.495. The molecule has 1 N–H and O–H groups in total. The van der Waals surface area contributed by atoms with Crippen LogP contribution in [-0.4, -0.2) is 35.5 Å². The Balaban J connectivity index is 1.67. The number of Topliss-reactive ketones (excluding diaryl/α,β-unsaturated/α-hetero) is 1. The molecule has 1 aromatic heterocycles. The van der Waals surface area contributed by atoms with Gasteiger partial charge in [0.2, 0.25) is 0 Å². The Kier molecular flexibility index (Phi) is 7.15. The van der Waals surface area contributed by atoms with Gasteiger partial charge < -0.3 is 14.6 Å². The molecule has 1 amide bonds. The minimum atomic E-state index is -0.844. The molecule has 3 aromatic carbocycles. The number of aryl methyl sites for hydroxylation is 1. The van der Waals surface area contributed by atoms with Crippen LogP contribution < -0.4 is 14.4 Å². The number of amides is 1. The van der Waals surface area contributed by atoms with Crippen molar-refractivity contribution in [3.63, 3.8) is 0 Å². The summed E-state index contributed by atoms with van der Waals surface area (Å²) in [6.45, 7) is 4.60. The summed E-state index contributed by atoms with van der Waals surface area (Å²) in [7, 11) is 1.59. The lowest BCUT2D eigenvalue weighted by molar-refractivity contribution is -0.132. The number of thiazole rings is 1. The zero-order valence-electron chi connectivity index (χ0n) is 21.4. The second kappa shape index (κ2) is 10.7. The van der Waals surface area contributed by atoms with Crippen molar-refractivity contribution in [2.24, 2.45) is 0 Å². The lowest BCUT2D eigenvalue weighted by Gasteiger charge is -2.23. The van der Waals surface area contributed by atoms with Crippen molar-refractivity contribution < 1.29 is 24.2 Å². The first-order chi connectivity index (χ1) is 18.4. The van der Waals surface area contributed by atoms with Crippen molar-refractivity contribution >= 4 is 44.1 Å². The summed E-state index contributed by atoms with van der Waals surface area (Å²) < 4.78 is 11.9. The fourth-order valence-corrected chi connectivity index (χ4v) is 5.53. The summed E-state index contributed by atoms with van der Waals surface area (Å²) in [5, 5.41) is 11.8. The number of hydrogen-bond donors (Lipinski definition) is 1. The highest BCUT2D eigenvalue weighted by atomic mass is 32.1. The minimum absolute atomic E-state index is 0.0173. The Morgan fingerprint density at radius 1 is 1.03 bits per heavy atom. The maximum absolute atomic E-state index is 13.5. The van der Waals surface area contributed by atoms with Gasteiger partial charge in [-0.3, -0.25) is 14.5 Å². The number of rotatable bonds is 8. The van der Waals surface area contributed by atoms with Crippen LogP contribution in [0.4, 0.5) is 5.13 Å². The molecule has 1 unspecified atom stereocenters. The van der Waals surface area contributed by atoms with E-state index >= 15 is 0 Å². The first-order valence-corrected chi connectivity index (χ1v) is 13.3. The van der Waals surface area contributed by atoms with Crippen molar-refractivity contribution in [1.82, 2.24) is 4.98 Å². The third-order valence-electron chi connectivity index (χ3n) is 6.52. The molecule has 1 atom stereocenters. The number of aromatic nitrogens is 1. The fraction of sp³-hybridized carbons (Fsp3) is 0.233. The predicted octanol–water partition coefficient (Wildman–Crippen LogP) is 6.28. The fourth-order valence-electron chi connectivity index (χ4n) is 4.51. The lowest BCUT2D eigenvalue weighted by atomic mass is 9.94. The number of ether oxygens (including phenoxy) is 2. The van der Waals surface area contributed by atoms with Gasteiger partial charge in [0.25, 0.3) is 5.78 Å². The molecule has 38 heavy (non-hydrogen) atoms. The number of aliphatic hydroxyl groups excluding tert-OH is 1. The van der Waals surface area contributed by atoms with Gasteiger partial charge in [0.15, 0.2) is 5.13 Å². The number of nitrogens with zero attached hydrogens (tertiary/aromatic N) is 2. The summed E-state index contributed by atoms with van der Waals surface area (Å²) in [6.07, 6.45) is 1.69. The Morgan fingerprint density at radius 3 is 2.53 bits per heavy atom. The van der Waals surface area contributed by atoms with Gasteiger partial charge in [-0.2, -0.15) is 0 Å². The SMILES string of the molecule is CCCOc1cccc(/C(O)=C2\C(=O)C(=O)N(c3nc4ccc(OC)cc4s3)C2c2ccc(CC)cc2)c1. The molecular formula is C30H28N2O5S. The number of anilines is 1. The predicted molar refractivity (Wildman–Crippen MR) is 149 cm³/mol. The Labute approximate surface area is 225 Å². The minimum Gasteiger partial charge on any atom is -0.507 e. The van der Waals surface area contributed by atoms with Gasteiger partial charge in [-0.25, -0.2) is 4.98 Å². The van der Waals surface area contributed by atoms with Gasteiger partial charge in [-0.15, -0.1) is 0 Å². The van der Waals surface area contributed by atoms with Gasteiger partial charge in [0.1, 0.15) is 17.3 Å². The third-order valence-corrected chi connectivity index (χ3v) is 7.54. The molecule has 7 nitrogen and oxygen atoms in total. The number of carbonyl (C=O) groups is 2. The van der Waals surface area contributed by atoms with E-state index in [2.05, 4.69) is 11.9 Å². The van der Waals surface area contributed by atoms with Crippen LogP contribution >= 0.6 is 11.3 Å². The van der Waals surface area contributed by atoms with E-state index in [4.69, 9.17) is 9.47 Å². The Hall–Kier alpha value is -4.17. The lowest BCUT2D eigenvalue weighted by Crippen LogP contribution is -2.29. The molecule has 5 rings (SSSR count). The van der Waals surface area contributed by atoms with E-state index in [9.17, 15) is 14.7 Å². The molecule has 1 aliphatic heterocycles. The van der Waals surface area contributed by atoms with Crippen LogP contribution in [0, 0.1) is 0 Å². The van der Waals surface area contributed by atoms with Gasteiger partial charge in [0, 0.05) is 5.56 Å². The number of benzene rings is 3. The number of methoxy groups -OCH3 is 1. The van der Waals surface area contributed by atoms with Gasteiger partial charge in [0.05, 0.1) is 35.5 Å². The van der Waals surface area contributed by atoms with E-state index in [1.54, 1.807) is 37.4 Å². The first kappa shape index (κ1) is 25.5. The van der Waals surface area contributed by atoms with Crippen LogP contribution in [0.5, 0.6) is 11.5 Å². The number of carbonyl (C=O) groups excluding carboxylic acids is 2. The molecule has 0 radical (unpaired) electrons. The second-order valence-corrected chi connectivity index (χ2v) is 9.98. The molecule has 1 fully saturated rings. The summed E-state index contributed by atoms with van der Waals surface area (Å²) in [4.78, 5) is 33.1. The van der Waals surface area contributed by atoms with Crippen molar-refractivity contribution in [3.05, 3.63) is 89.0 Å². The maximum Gasteiger partial charge on any atom is 0.301 e. The zero-order chi connectivity index (χ0) is 26.8. The number of hydrogen-bond acceptors (Lipinski definition) is 7. The highest BCUT2D eigenvalue weighted by molar-refractivity contribution is 7.22. The first-order valence-electron chi connectivity index (χ1n) is 12.5. The van der Waals surface area contributed by atoms with Crippen molar-refractivity contribution in [2.75, 3.05) is 18.6 Å². The Morgan fingerprint density at radius 2 is 1.82 bits per heavy atom. The van der Waals surface area contributed by atoms with E-state index in [1.165, 1.54) is 16.2 Å². The smallest absolute Gasteiger partial charge is 0.301 e. The van der Waals surface area contributed by atoms with Crippen LogP contribution in [-0.2, 0) is 16.0 Å². The number of aliphatic hydroxyl groups is 1. The zero-order valence-corrected chi connectivity index (χ0v) is 22.2. The van der Waals surface area contributed by atoms with Crippen LogP contribution in [0.25, 0.3) is 16.0 Å². The van der Waals surface area contributed by atoms with E-state index < -0.39 is 17.7 Å². The molecule has 4 aromatic rings. The van der Waals surface area contributed by atoms with E-state index in [-0.39, 0.29) is 11.3 Å². The molecule has 1 aliphatic rings. The highest BCUT2D eigenvalue weighted by Crippen LogP contribution is 2.44. The average molecular weight is 529 g/mol. The molecule has 8 heteroatoms.